The van der Waals surface area contributed by atoms with Gasteiger partial charge in [0.2, 0.25) is 0 Å². The molecule has 10 radical (unpaired) electrons. The molecule has 0 unspecified atom stereocenters. The molecule has 0 aromatic carbocycles. The largest absolute Gasteiger partial charge is 0 e. The molecule has 4 heavy (non-hydrogen) atoms. The van der Waals surface area contributed by atoms with Crippen LogP contribution < -0.4 is 0 Å². The minimum absolute atomic E-state index is 0. The van der Waals surface area contributed by atoms with E-state index in [4.69, 9.17) is 0 Å². The summed E-state index contributed by atoms with van der Waals surface area (Å²) in [6, 6.07) is 0. The van der Waals surface area contributed by atoms with Crippen LogP contribution in [0.25, 0.3) is 0 Å². The maximum absolute atomic E-state index is 0. The van der Waals surface area contributed by atoms with Gasteiger partial charge in [0.1, 0.15) is 0 Å². The fraction of sp³-hybridized carbons (Fsp3) is 0. The van der Waals surface area contributed by atoms with Gasteiger partial charge in [-0.05, 0) is 0 Å². The van der Waals surface area contributed by atoms with E-state index in [1.165, 1.54) is 0 Å². The second kappa shape index (κ2) is 47.1. The molecule has 0 amide bonds. The van der Waals surface area contributed by atoms with E-state index in [2.05, 4.69) is 0 Å². The molecule has 0 rings (SSSR count). The summed E-state index contributed by atoms with van der Waals surface area (Å²) in [5.41, 5.74) is 0. The van der Waals surface area contributed by atoms with Crippen LogP contribution in [0, 0.1) is 0 Å². The molecule has 0 spiro atoms. The van der Waals surface area contributed by atoms with Gasteiger partial charge >= 0.3 is 0 Å². The summed E-state index contributed by atoms with van der Waals surface area (Å²) in [6.07, 6.45) is 0. The predicted octanol–water partition coefficient (Wildman–Crippen LogP) is -1.52. The average molecular weight is 39.4 g/mol. The van der Waals surface area contributed by atoms with Crippen LogP contribution in [0.5, 0.6) is 0 Å². The Hall–Kier alpha value is 0.792. The third-order valence-corrected chi connectivity index (χ3v) is 0. The Morgan fingerprint density at radius 3 is 0.500 bits per heavy atom. The minimum Gasteiger partial charge on any atom is 0 e. The van der Waals surface area contributed by atoms with Crippen LogP contribution in [0.2, 0.25) is 0 Å². The van der Waals surface area contributed by atoms with Crippen LogP contribution in [-0.4, -0.2) is 44.1 Å². The zero-order chi connectivity index (χ0) is 0. The van der Waals surface area contributed by atoms with Crippen molar-refractivity contribution in [2.45, 2.75) is 0 Å². The minimum atomic E-state index is 0. The van der Waals surface area contributed by atoms with Crippen LogP contribution in [0.4, 0.5) is 0 Å². The van der Waals surface area contributed by atoms with Crippen LogP contribution in [-0.2, 0) is 0 Å². The monoisotopic (exact) mass is 40.0 g/mol. The van der Waals surface area contributed by atoms with Crippen molar-refractivity contribution in [2.75, 3.05) is 0 Å². The van der Waals surface area contributed by atoms with Crippen molar-refractivity contribution in [3.63, 3.8) is 0 Å². The third-order valence-electron chi connectivity index (χ3n) is 0. The van der Waals surface area contributed by atoms with Crippen molar-refractivity contribution < 1.29 is 0 Å². The quantitative estimate of drug-likeness (QED) is 0.287. The molecule has 0 N–H and O–H groups in total. The standard InChI is InChI=1S/3B.Li. The molecule has 0 bridgehead atoms. The van der Waals surface area contributed by atoms with Gasteiger partial charge in [-0.15, -0.1) is 0 Å². The molecule has 0 saturated heterocycles. The molecule has 0 aliphatic heterocycles. The number of hydrogen-bond acceptors (Lipinski definition) is 0. The topological polar surface area (TPSA) is 0 Å². The fourth-order valence-electron chi connectivity index (χ4n) is 0. The van der Waals surface area contributed by atoms with E-state index in [1.807, 2.05) is 0 Å². The van der Waals surface area contributed by atoms with Gasteiger partial charge in [0.05, 0.1) is 0 Å². The van der Waals surface area contributed by atoms with E-state index in [-0.39, 0.29) is 44.1 Å². The van der Waals surface area contributed by atoms with Gasteiger partial charge in [0, 0.05) is 44.1 Å². The first-order chi connectivity index (χ1) is 0. The van der Waals surface area contributed by atoms with Crippen molar-refractivity contribution in [1.82, 2.24) is 0 Å². The summed E-state index contributed by atoms with van der Waals surface area (Å²) >= 11 is 0. The van der Waals surface area contributed by atoms with Gasteiger partial charge in [-0.25, -0.2) is 0 Å². The molecular weight excluding hydrogens is 39.4 g/mol. The molecule has 0 aromatic rings. The predicted molar refractivity (Wildman–Crippen MR) is 23.0 cm³/mol. The Morgan fingerprint density at radius 2 is 0.500 bits per heavy atom. The van der Waals surface area contributed by atoms with E-state index >= 15 is 0 Å². The van der Waals surface area contributed by atoms with E-state index in [1.54, 1.807) is 0 Å². The van der Waals surface area contributed by atoms with E-state index in [0.29, 0.717) is 0 Å². The van der Waals surface area contributed by atoms with Crippen LogP contribution in [0.15, 0.2) is 0 Å². The van der Waals surface area contributed by atoms with Crippen LogP contribution in [0.3, 0.4) is 0 Å². The SMILES string of the molecule is [B].[B].[B].[Li]. The van der Waals surface area contributed by atoms with Gasteiger partial charge in [0.25, 0.3) is 0 Å². The second-order valence-electron chi connectivity index (χ2n) is 0. The molecule has 0 nitrogen and oxygen atoms in total. The van der Waals surface area contributed by atoms with Gasteiger partial charge in [-0.2, -0.15) is 0 Å². The van der Waals surface area contributed by atoms with Crippen molar-refractivity contribution >= 4 is 44.1 Å². The summed E-state index contributed by atoms with van der Waals surface area (Å²) in [5, 5.41) is 0. The zero-order valence-electron chi connectivity index (χ0n) is 2.73. The summed E-state index contributed by atoms with van der Waals surface area (Å²) < 4.78 is 0. The smallest absolute Gasteiger partial charge is 0 e. The molecule has 0 aliphatic rings. The Morgan fingerprint density at radius 1 is 0.500 bits per heavy atom. The molecule has 10 valence electrons. The third kappa shape index (κ3) is 14.3. The summed E-state index contributed by atoms with van der Waals surface area (Å²) in [5.74, 6) is 0. The van der Waals surface area contributed by atoms with Crippen molar-refractivity contribution in [3.05, 3.63) is 0 Å². The molecule has 0 saturated carbocycles. The summed E-state index contributed by atoms with van der Waals surface area (Å²) in [4.78, 5) is 0. The van der Waals surface area contributed by atoms with E-state index < -0.39 is 0 Å². The number of hydrogen-bond donors (Lipinski definition) is 0. The van der Waals surface area contributed by atoms with Crippen molar-refractivity contribution in [3.8, 4) is 0 Å². The van der Waals surface area contributed by atoms with Crippen molar-refractivity contribution in [2.24, 2.45) is 0 Å². The normalized spacial score (nSPS) is 0. The first-order valence-corrected chi connectivity index (χ1v) is 0. The zero-order valence-corrected chi connectivity index (χ0v) is 2.73. The summed E-state index contributed by atoms with van der Waals surface area (Å²) in [7, 11) is 0. The van der Waals surface area contributed by atoms with Gasteiger partial charge < -0.3 is 0 Å². The summed E-state index contributed by atoms with van der Waals surface area (Å²) in [6.45, 7) is 0. The Labute approximate surface area is 44.6 Å². The maximum Gasteiger partial charge on any atom is 0 e. The van der Waals surface area contributed by atoms with Gasteiger partial charge in [0.15, 0.2) is 0 Å². The van der Waals surface area contributed by atoms with E-state index in [0.717, 1.165) is 0 Å². The first-order valence-electron chi connectivity index (χ1n) is 0. The van der Waals surface area contributed by atoms with Crippen molar-refractivity contribution in [1.29, 1.82) is 0 Å². The Bertz CT molecular complexity index is 3.25. The Balaban J connectivity index is 0. The molecule has 0 atom stereocenters. The molecule has 4 heteroatoms. The fourth-order valence-corrected chi connectivity index (χ4v) is 0. The molecule has 0 fully saturated rings. The van der Waals surface area contributed by atoms with Gasteiger partial charge in [-0.3, -0.25) is 0 Å². The van der Waals surface area contributed by atoms with E-state index in [9.17, 15) is 0 Å². The Kier molecular flexibility index (Phi) is 1290. The second-order valence-corrected chi connectivity index (χ2v) is 0. The van der Waals surface area contributed by atoms with Gasteiger partial charge in [-0.1, -0.05) is 0 Å². The molecule has 0 heterocycles. The van der Waals surface area contributed by atoms with Crippen LogP contribution in [0.1, 0.15) is 0 Å². The number of rotatable bonds is 0. The maximum atomic E-state index is 0. The average Bonchev–Trinajstić information content (AvgIpc) is 0. The first kappa shape index (κ1) is 110. The molecule has 0 aromatic heterocycles. The van der Waals surface area contributed by atoms with Crippen LogP contribution >= 0.6 is 0 Å². The molecular formula is B3Li. The molecule has 0 aliphatic carbocycles.